The Kier molecular flexibility index (Phi) is 7.26. The summed E-state index contributed by atoms with van der Waals surface area (Å²) in [6.45, 7) is -0.467. The number of benzene rings is 1. The number of hydrogen-bond donors (Lipinski definition) is 1. The summed E-state index contributed by atoms with van der Waals surface area (Å²) in [6.07, 6.45) is 4.50. The molecule has 0 unspecified atom stereocenters. The van der Waals surface area contributed by atoms with Gasteiger partial charge in [0.25, 0.3) is 5.91 Å². The fraction of sp³-hybridized carbons (Fsp3) is 0.136. The van der Waals surface area contributed by atoms with Crippen molar-refractivity contribution in [2.24, 2.45) is 5.73 Å². The summed E-state index contributed by atoms with van der Waals surface area (Å²) in [5.74, 6) is -1.39. The Morgan fingerprint density at radius 1 is 0.968 bits per heavy atom. The topological polar surface area (TPSA) is 125 Å². The van der Waals surface area contributed by atoms with Crippen molar-refractivity contribution in [2.75, 3.05) is 18.1 Å². The maximum absolute atomic E-state index is 12.7. The van der Waals surface area contributed by atoms with E-state index in [1.807, 2.05) is 0 Å². The minimum Gasteiger partial charge on any atom is -0.452 e. The van der Waals surface area contributed by atoms with E-state index < -0.39 is 24.4 Å². The second kappa shape index (κ2) is 10.5. The van der Waals surface area contributed by atoms with Crippen molar-refractivity contribution in [2.45, 2.75) is 6.42 Å². The summed E-state index contributed by atoms with van der Waals surface area (Å²) in [5.41, 5.74) is 5.83. The largest absolute Gasteiger partial charge is 0.452 e. The van der Waals surface area contributed by atoms with Crippen LogP contribution in [0.1, 0.15) is 16.8 Å². The number of nitrogens with zero attached hydrogens (tertiary/aromatic N) is 3. The quantitative estimate of drug-likeness (QED) is 0.527. The van der Waals surface area contributed by atoms with Crippen molar-refractivity contribution < 1.29 is 23.9 Å². The first kappa shape index (κ1) is 21.4. The molecular formula is C22H20N4O5. The third-order valence-corrected chi connectivity index (χ3v) is 4.12. The standard InChI is InChI=1S/C22H20N4O5/c23-19(27)10-13-26(16-6-2-1-3-7-16)20(28)15-30-22(29)18-9-5-12-25-21(18)31-17-8-4-11-24-14-17/h1-9,11-12,14H,10,13,15H2,(H2,23,27). The third-order valence-electron chi connectivity index (χ3n) is 4.12. The van der Waals surface area contributed by atoms with Crippen LogP contribution in [0.2, 0.25) is 0 Å². The zero-order valence-corrected chi connectivity index (χ0v) is 16.5. The van der Waals surface area contributed by atoms with E-state index in [1.165, 1.54) is 23.4 Å². The van der Waals surface area contributed by atoms with Crippen molar-refractivity contribution in [1.82, 2.24) is 9.97 Å². The smallest absolute Gasteiger partial charge is 0.344 e. The van der Waals surface area contributed by atoms with Crippen LogP contribution in [-0.2, 0) is 14.3 Å². The van der Waals surface area contributed by atoms with Crippen molar-refractivity contribution in [3.8, 4) is 11.6 Å². The predicted octanol–water partition coefficient (Wildman–Crippen LogP) is 2.33. The Hall–Kier alpha value is -4.27. The number of para-hydroxylation sites is 1. The zero-order valence-electron chi connectivity index (χ0n) is 16.5. The van der Waals surface area contributed by atoms with Crippen molar-refractivity contribution >= 4 is 23.5 Å². The van der Waals surface area contributed by atoms with Gasteiger partial charge in [0.2, 0.25) is 11.8 Å². The van der Waals surface area contributed by atoms with Crippen molar-refractivity contribution in [1.29, 1.82) is 0 Å². The van der Waals surface area contributed by atoms with Crippen molar-refractivity contribution in [3.63, 3.8) is 0 Å². The van der Waals surface area contributed by atoms with Crippen LogP contribution in [0.3, 0.4) is 0 Å². The maximum Gasteiger partial charge on any atom is 0.344 e. The van der Waals surface area contributed by atoms with Gasteiger partial charge in [-0.15, -0.1) is 0 Å². The van der Waals surface area contributed by atoms with Crippen LogP contribution in [0.4, 0.5) is 5.69 Å². The minimum absolute atomic E-state index is 0.0275. The maximum atomic E-state index is 12.7. The molecule has 2 N–H and O–H groups in total. The molecule has 0 saturated heterocycles. The van der Waals surface area contributed by atoms with Crippen LogP contribution in [0.25, 0.3) is 0 Å². The fourth-order valence-electron chi connectivity index (χ4n) is 2.66. The van der Waals surface area contributed by atoms with E-state index in [9.17, 15) is 14.4 Å². The molecule has 31 heavy (non-hydrogen) atoms. The molecular weight excluding hydrogens is 400 g/mol. The van der Waals surface area contributed by atoms with E-state index in [-0.39, 0.29) is 24.4 Å². The molecule has 0 aliphatic rings. The average Bonchev–Trinajstić information content (AvgIpc) is 2.79. The predicted molar refractivity (Wildman–Crippen MR) is 111 cm³/mol. The summed E-state index contributed by atoms with van der Waals surface area (Å²) >= 11 is 0. The van der Waals surface area contributed by atoms with Gasteiger partial charge in [-0.25, -0.2) is 9.78 Å². The molecule has 0 saturated carbocycles. The Balaban J connectivity index is 1.69. The second-order valence-electron chi connectivity index (χ2n) is 6.32. The van der Waals surface area contributed by atoms with E-state index in [0.29, 0.717) is 11.4 Å². The lowest BCUT2D eigenvalue weighted by Gasteiger charge is -2.22. The van der Waals surface area contributed by atoms with Crippen LogP contribution in [0, 0.1) is 0 Å². The number of nitrogens with two attached hydrogens (primary N) is 1. The molecule has 2 amide bonds. The van der Waals surface area contributed by atoms with E-state index >= 15 is 0 Å². The number of aromatic nitrogens is 2. The van der Waals surface area contributed by atoms with Crippen LogP contribution in [0.15, 0.2) is 73.2 Å². The summed E-state index contributed by atoms with van der Waals surface area (Å²) in [6, 6.07) is 15.1. The Morgan fingerprint density at radius 3 is 2.45 bits per heavy atom. The number of rotatable bonds is 9. The number of esters is 1. The molecule has 158 valence electrons. The first-order chi connectivity index (χ1) is 15.0. The van der Waals surface area contributed by atoms with Crippen LogP contribution in [0.5, 0.6) is 11.6 Å². The van der Waals surface area contributed by atoms with Gasteiger partial charge in [-0.05, 0) is 36.4 Å². The van der Waals surface area contributed by atoms with E-state index in [0.717, 1.165) is 0 Å². The summed E-state index contributed by atoms with van der Waals surface area (Å²) < 4.78 is 10.8. The van der Waals surface area contributed by atoms with E-state index in [4.69, 9.17) is 15.2 Å². The molecule has 9 heteroatoms. The molecule has 0 fully saturated rings. The lowest BCUT2D eigenvalue weighted by Crippen LogP contribution is -2.37. The fourth-order valence-corrected chi connectivity index (χ4v) is 2.66. The van der Waals surface area contributed by atoms with E-state index in [1.54, 1.807) is 54.7 Å². The Labute approximate surface area is 178 Å². The highest BCUT2D eigenvalue weighted by Gasteiger charge is 2.21. The molecule has 0 spiro atoms. The van der Waals surface area contributed by atoms with Gasteiger partial charge in [0.1, 0.15) is 11.3 Å². The zero-order chi connectivity index (χ0) is 22.1. The van der Waals surface area contributed by atoms with Gasteiger partial charge < -0.3 is 20.1 Å². The number of hydrogen-bond acceptors (Lipinski definition) is 7. The monoisotopic (exact) mass is 420 g/mol. The minimum atomic E-state index is -0.775. The first-order valence-corrected chi connectivity index (χ1v) is 9.38. The Bertz CT molecular complexity index is 1040. The van der Waals surface area contributed by atoms with Gasteiger partial charge in [-0.2, -0.15) is 0 Å². The summed E-state index contributed by atoms with van der Waals surface area (Å²) in [7, 11) is 0. The number of anilines is 1. The molecule has 2 heterocycles. The molecule has 9 nitrogen and oxygen atoms in total. The third kappa shape index (κ3) is 6.10. The van der Waals surface area contributed by atoms with Crippen LogP contribution < -0.4 is 15.4 Å². The summed E-state index contributed by atoms with van der Waals surface area (Å²) in [5, 5.41) is 0. The van der Waals surface area contributed by atoms with E-state index in [2.05, 4.69) is 9.97 Å². The lowest BCUT2D eigenvalue weighted by atomic mass is 10.2. The number of carbonyl (C=O) groups excluding carboxylic acids is 3. The molecule has 2 aromatic heterocycles. The highest BCUT2D eigenvalue weighted by molar-refractivity contribution is 5.98. The van der Waals surface area contributed by atoms with Gasteiger partial charge in [0.15, 0.2) is 6.61 Å². The number of primary amides is 1. The molecule has 3 aromatic rings. The molecule has 0 radical (unpaired) electrons. The van der Waals surface area contributed by atoms with Crippen LogP contribution in [-0.4, -0.2) is 40.9 Å². The molecule has 0 aliphatic carbocycles. The van der Waals surface area contributed by atoms with Crippen molar-refractivity contribution in [3.05, 3.63) is 78.8 Å². The second-order valence-corrected chi connectivity index (χ2v) is 6.32. The van der Waals surface area contributed by atoms with Gasteiger partial charge in [-0.1, -0.05) is 18.2 Å². The number of pyridine rings is 2. The Morgan fingerprint density at radius 2 is 1.74 bits per heavy atom. The highest BCUT2D eigenvalue weighted by Crippen LogP contribution is 2.22. The first-order valence-electron chi connectivity index (χ1n) is 9.38. The van der Waals surface area contributed by atoms with Gasteiger partial charge in [0.05, 0.1) is 6.20 Å². The van der Waals surface area contributed by atoms with Gasteiger partial charge in [-0.3, -0.25) is 14.6 Å². The number of amides is 2. The summed E-state index contributed by atoms with van der Waals surface area (Å²) in [4.78, 5) is 45.8. The molecule has 0 aliphatic heterocycles. The SMILES string of the molecule is NC(=O)CCN(C(=O)COC(=O)c1cccnc1Oc1cccnc1)c1ccccc1. The molecule has 1 aromatic carbocycles. The molecule has 0 atom stereocenters. The number of carbonyl (C=O) groups is 3. The average molecular weight is 420 g/mol. The molecule has 3 rings (SSSR count). The lowest BCUT2D eigenvalue weighted by molar-refractivity contribution is -0.121. The van der Waals surface area contributed by atoms with Gasteiger partial charge in [0, 0.05) is 31.0 Å². The normalized spacial score (nSPS) is 10.2. The highest BCUT2D eigenvalue weighted by atomic mass is 16.5. The van der Waals surface area contributed by atoms with Gasteiger partial charge >= 0.3 is 5.97 Å². The molecule has 0 bridgehead atoms. The number of ether oxygens (including phenoxy) is 2. The van der Waals surface area contributed by atoms with Crippen LogP contribution >= 0.6 is 0 Å².